The summed E-state index contributed by atoms with van der Waals surface area (Å²) in [6.07, 6.45) is 1.55. The van der Waals surface area contributed by atoms with E-state index in [-0.39, 0.29) is 0 Å². The van der Waals surface area contributed by atoms with Gasteiger partial charge in [0, 0.05) is 0 Å². The molecule has 0 heterocycles. The first-order chi connectivity index (χ1) is 3.43. The molecule has 1 heteroatoms. The summed E-state index contributed by atoms with van der Waals surface area (Å²) in [5.74, 6) is 3.45. The third-order valence-corrected chi connectivity index (χ3v) is 2.29. The van der Waals surface area contributed by atoms with Crippen molar-refractivity contribution in [1.82, 2.24) is 5.32 Å². The summed E-state index contributed by atoms with van der Waals surface area (Å²) in [6, 6.07) is 0. The molecular formula is C6H11N. The van der Waals surface area contributed by atoms with Crippen molar-refractivity contribution < 1.29 is 0 Å². The second kappa shape index (κ2) is 1.03. The molecule has 0 amide bonds. The summed E-state index contributed by atoms with van der Waals surface area (Å²) in [7, 11) is 2.04. The lowest BCUT2D eigenvalue weighted by atomic mass is 10.2. The second-order valence-electron chi connectivity index (χ2n) is 2.78. The standard InChI is InChI=1S/C6H11N/c1-7-3-6-4-2-5(4)6/h4-7H,2-3H2,1H3. The monoisotopic (exact) mass is 97.1 g/mol. The third kappa shape index (κ3) is 0.418. The normalized spacial score (nSPS) is 53.6. The molecule has 0 aromatic rings. The quantitative estimate of drug-likeness (QED) is 0.528. The summed E-state index contributed by atoms with van der Waals surface area (Å²) >= 11 is 0. The fourth-order valence-electron chi connectivity index (χ4n) is 1.45. The van der Waals surface area contributed by atoms with Crippen molar-refractivity contribution in [1.29, 1.82) is 0 Å². The van der Waals surface area contributed by atoms with Crippen molar-refractivity contribution in [3.05, 3.63) is 0 Å². The Morgan fingerprint density at radius 3 is 2.43 bits per heavy atom. The highest BCUT2D eigenvalue weighted by Gasteiger charge is 2.63. The molecule has 2 unspecified atom stereocenters. The molecule has 2 atom stereocenters. The Morgan fingerprint density at radius 2 is 2.29 bits per heavy atom. The van der Waals surface area contributed by atoms with Gasteiger partial charge in [-0.15, -0.1) is 0 Å². The Labute approximate surface area is 44.1 Å². The topological polar surface area (TPSA) is 12.0 Å². The van der Waals surface area contributed by atoms with Crippen LogP contribution in [0.4, 0.5) is 0 Å². The van der Waals surface area contributed by atoms with Crippen molar-refractivity contribution in [2.45, 2.75) is 6.42 Å². The first-order valence-electron chi connectivity index (χ1n) is 3.08. The van der Waals surface area contributed by atoms with E-state index in [4.69, 9.17) is 0 Å². The molecule has 2 aliphatic carbocycles. The zero-order chi connectivity index (χ0) is 4.85. The average Bonchev–Trinajstić information content (AvgIpc) is 2.41. The van der Waals surface area contributed by atoms with Crippen LogP contribution in [0.2, 0.25) is 0 Å². The maximum Gasteiger partial charge on any atom is -0.00180 e. The van der Waals surface area contributed by atoms with Gasteiger partial charge in [-0.3, -0.25) is 0 Å². The van der Waals surface area contributed by atoms with Crippen LogP contribution in [0.25, 0.3) is 0 Å². The summed E-state index contributed by atoms with van der Waals surface area (Å²) < 4.78 is 0. The number of fused-ring (bicyclic) bond motifs is 1. The minimum atomic E-state index is 1.10. The molecule has 0 spiro atoms. The summed E-state index contributed by atoms with van der Waals surface area (Å²) in [5.41, 5.74) is 0. The van der Waals surface area contributed by atoms with Crippen molar-refractivity contribution in [2.24, 2.45) is 17.8 Å². The van der Waals surface area contributed by atoms with E-state index in [0.717, 1.165) is 5.92 Å². The molecular weight excluding hydrogens is 86.1 g/mol. The molecule has 7 heavy (non-hydrogen) atoms. The fraction of sp³-hybridized carbons (Fsp3) is 1.00. The number of rotatable bonds is 2. The second-order valence-corrected chi connectivity index (χ2v) is 2.78. The van der Waals surface area contributed by atoms with E-state index in [1.807, 2.05) is 7.05 Å². The highest BCUT2D eigenvalue weighted by atomic mass is 14.9. The molecule has 0 radical (unpaired) electrons. The Hall–Kier alpha value is -0.0400. The van der Waals surface area contributed by atoms with Crippen LogP contribution in [-0.4, -0.2) is 13.6 Å². The highest BCUT2D eigenvalue weighted by molar-refractivity contribution is 5.12. The zero-order valence-electron chi connectivity index (χ0n) is 4.65. The molecule has 1 nitrogen and oxygen atoms in total. The summed E-state index contributed by atoms with van der Waals surface area (Å²) in [5, 5.41) is 3.19. The van der Waals surface area contributed by atoms with Gasteiger partial charge in [-0.25, -0.2) is 0 Å². The molecule has 2 saturated carbocycles. The minimum absolute atomic E-state index is 1.10. The maximum atomic E-state index is 3.19. The lowest BCUT2D eigenvalue weighted by Gasteiger charge is -1.98. The first kappa shape index (κ1) is 3.90. The summed E-state index contributed by atoms with van der Waals surface area (Å²) in [4.78, 5) is 0. The van der Waals surface area contributed by atoms with E-state index in [1.165, 1.54) is 18.4 Å². The van der Waals surface area contributed by atoms with Crippen LogP contribution in [0.15, 0.2) is 0 Å². The van der Waals surface area contributed by atoms with Gasteiger partial charge in [0.1, 0.15) is 0 Å². The van der Waals surface area contributed by atoms with Crippen LogP contribution >= 0.6 is 0 Å². The van der Waals surface area contributed by atoms with Crippen LogP contribution in [-0.2, 0) is 0 Å². The predicted molar refractivity (Wildman–Crippen MR) is 29.0 cm³/mol. The smallest absolute Gasteiger partial charge is 0.00180 e. The van der Waals surface area contributed by atoms with Gasteiger partial charge in [0.25, 0.3) is 0 Å². The Morgan fingerprint density at radius 1 is 1.57 bits per heavy atom. The van der Waals surface area contributed by atoms with E-state index in [0.29, 0.717) is 0 Å². The summed E-state index contributed by atoms with van der Waals surface area (Å²) in [6.45, 7) is 1.27. The van der Waals surface area contributed by atoms with Crippen molar-refractivity contribution in [2.75, 3.05) is 13.6 Å². The van der Waals surface area contributed by atoms with Gasteiger partial charge < -0.3 is 5.32 Å². The van der Waals surface area contributed by atoms with Gasteiger partial charge in [0.15, 0.2) is 0 Å². The van der Waals surface area contributed by atoms with Gasteiger partial charge >= 0.3 is 0 Å². The molecule has 2 aliphatic rings. The molecule has 0 aliphatic heterocycles. The van der Waals surface area contributed by atoms with E-state index in [9.17, 15) is 0 Å². The fourth-order valence-corrected chi connectivity index (χ4v) is 1.45. The van der Waals surface area contributed by atoms with Gasteiger partial charge in [0.05, 0.1) is 0 Å². The van der Waals surface area contributed by atoms with Crippen LogP contribution < -0.4 is 5.32 Å². The van der Waals surface area contributed by atoms with E-state index < -0.39 is 0 Å². The van der Waals surface area contributed by atoms with Crippen LogP contribution in [0.5, 0.6) is 0 Å². The van der Waals surface area contributed by atoms with E-state index in [2.05, 4.69) is 5.32 Å². The lowest BCUT2D eigenvalue weighted by Crippen LogP contribution is -2.13. The molecule has 0 aromatic carbocycles. The number of nitrogens with one attached hydrogen (secondary N) is 1. The average molecular weight is 97.2 g/mol. The number of hydrogen-bond donors (Lipinski definition) is 1. The van der Waals surface area contributed by atoms with Crippen molar-refractivity contribution >= 4 is 0 Å². The van der Waals surface area contributed by atoms with Crippen LogP contribution in [0.3, 0.4) is 0 Å². The van der Waals surface area contributed by atoms with Crippen molar-refractivity contribution in [3.8, 4) is 0 Å². The minimum Gasteiger partial charge on any atom is -0.319 e. The van der Waals surface area contributed by atoms with Gasteiger partial charge in [-0.2, -0.15) is 0 Å². The predicted octanol–water partition coefficient (Wildman–Crippen LogP) is 0.472. The molecule has 40 valence electrons. The largest absolute Gasteiger partial charge is 0.319 e. The Kier molecular flexibility index (Phi) is 0.571. The SMILES string of the molecule is CNCC1C2CC12. The Balaban J connectivity index is 1.73. The molecule has 0 bridgehead atoms. The molecule has 2 rings (SSSR count). The lowest BCUT2D eigenvalue weighted by molar-refractivity contribution is 0.573. The van der Waals surface area contributed by atoms with Gasteiger partial charge in [0.2, 0.25) is 0 Å². The van der Waals surface area contributed by atoms with Gasteiger partial charge in [-0.05, 0) is 37.8 Å². The van der Waals surface area contributed by atoms with Crippen LogP contribution in [0.1, 0.15) is 6.42 Å². The first-order valence-corrected chi connectivity index (χ1v) is 3.08. The highest BCUT2D eigenvalue weighted by Crippen LogP contribution is 2.67. The molecule has 0 saturated heterocycles. The van der Waals surface area contributed by atoms with E-state index >= 15 is 0 Å². The molecule has 2 fully saturated rings. The third-order valence-electron chi connectivity index (χ3n) is 2.29. The van der Waals surface area contributed by atoms with Crippen LogP contribution in [0, 0.1) is 17.8 Å². The maximum absolute atomic E-state index is 3.19. The Bertz CT molecular complexity index is 82.2. The van der Waals surface area contributed by atoms with Crippen molar-refractivity contribution in [3.63, 3.8) is 0 Å². The number of hydrogen-bond acceptors (Lipinski definition) is 1. The molecule has 1 N–H and O–H groups in total. The molecule has 0 aromatic heterocycles. The zero-order valence-corrected chi connectivity index (χ0v) is 4.65. The van der Waals surface area contributed by atoms with Gasteiger partial charge in [-0.1, -0.05) is 0 Å². The van der Waals surface area contributed by atoms with E-state index in [1.54, 1.807) is 6.42 Å².